The van der Waals surface area contributed by atoms with Crippen molar-refractivity contribution in [3.05, 3.63) is 29.8 Å². The molecule has 100 valence electrons. The van der Waals surface area contributed by atoms with Gasteiger partial charge in [-0.25, -0.2) is 0 Å². The molecule has 0 heterocycles. The fourth-order valence-electron chi connectivity index (χ4n) is 2.27. The van der Waals surface area contributed by atoms with Crippen LogP contribution in [-0.4, -0.2) is 31.3 Å². The lowest BCUT2D eigenvalue weighted by Crippen LogP contribution is -2.50. The quantitative estimate of drug-likeness (QED) is 0.812. The highest BCUT2D eigenvalue weighted by Gasteiger charge is 2.38. The van der Waals surface area contributed by atoms with Gasteiger partial charge >= 0.3 is 5.97 Å². The number of carboxylic acid groups (broad SMARTS) is 1. The average Bonchev–Trinajstić information content (AvgIpc) is 2.38. The van der Waals surface area contributed by atoms with E-state index in [1.165, 1.54) is 0 Å². The first-order valence-electron chi connectivity index (χ1n) is 6.04. The summed E-state index contributed by atoms with van der Waals surface area (Å²) < 4.78 is 5.20. The van der Waals surface area contributed by atoms with Crippen LogP contribution in [-0.2, 0) is 10.2 Å². The fraction of sp³-hybridized carbons (Fsp3) is 0.500. The Hall–Kier alpha value is -1.55. The van der Waals surface area contributed by atoms with Gasteiger partial charge in [-0.15, -0.1) is 0 Å². The monoisotopic (exact) mass is 251 g/mol. The summed E-state index contributed by atoms with van der Waals surface area (Å²) in [5.74, 6) is -0.0999. The Bertz CT molecular complexity index is 419. The lowest BCUT2D eigenvalue weighted by Gasteiger charge is -2.35. The maximum absolute atomic E-state index is 11.4. The Morgan fingerprint density at radius 3 is 2.67 bits per heavy atom. The summed E-state index contributed by atoms with van der Waals surface area (Å²) in [6, 6.07) is 6.95. The van der Waals surface area contributed by atoms with Crippen LogP contribution in [0.15, 0.2) is 24.3 Å². The second-order valence-corrected chi connectivity index (χ2v) is 4.56. The molecular formula is C14H21NO3. The molecule has 0 bridgehead atoms. The Kier molecular flexibility index (Phi) is 4.73. The zero-order valence-electron chi connectivity index (χ0n) is 11.4. The van der Waals surface area contributed by atoms with Crippen LogP contribution in [0.3, 0.4) is 0 Å². The number of carbonyl (C=O) groups is 1. The van der Waals surface area contributed by atoms with E-state index >= 15 is 0 Å². The van der Waals surface area contributed by atoms with E-state index in [0.29, 0.717) is 0 Å². The van der Waals surface area contributed by atoms with Crippen molar-refractivity contribution >= 4 is 5.97 Å². The molecule has 0 amide bonds. The SMILES string of the molecule is CCC(C)(c1cccc(OC)c1)C(NC)C(=O)O. The number of aliphatic carboxylic acids is 1. The zero-order chi connectivity index (χ0) is 13.8. The van der Waals surface area contributed by atoms with Crippen LogP contribution < -0.4 is 10.1 Å². The number of carboxylic acids is 1. The number of rotatable bonds is 6. The molecule has 0 radical (unpaired) electrons. The molecule has 0 saturated heterocycles. The third-order valence-electron chi connectivity index (χ3n) is 3.64. The summed E-state index contributed by atoms with van der Waals surface area (Å²) >= 11 is 0. The van der Waals surface area contributed by atoms with Crippen LogP contribution in [0.4, 0.5) is 0 Å². The minimum atomic E-state index is -0.843. The van der Waals surface area contributed by atoms with Crippen molar-refractivity contribution in [1.29, 1.82) is 0 Å². The molecule has 1 aromatic carbocycles. The number of hydrogen-bond acceptors (Lipinski definition) is 3. The Balaban J connectivity index is 3.24. The summed E-state index contributed by atoms with van der Waals surface area (Å²) in [5.41, 5.74) is 0.487. The summed E-state index contributed by atoms with van der Waals surface area (Å²) in [6.07, 6.45) is 0.720. The molecule has 0 aliphatic carbocycles. The maximum Gasteiger partial charge on any atom is 0.321 e. The Morgan fingerprint density at radius 1 is 1.56 bits per heavy atom. The summed E-state index contributed by atoms with van der Waals surface area (Å²) in [7, 11) is 3.28. The fourth-order valence-corrected chi connectivity index (χ4v) is 2.27. The molecule has 0 aliphatic rings. The van der Waals surface area contributed by atoms with Crippen LogP contribution in [0.25, 0.3) is 0 Å². The van der Waals surface area contributed by atoms with E-state index in [0.717, 1.165) is 17.7 Å². The number of likely N-dealkylation sites (N-methyl/N-ethyl adjacent to an activating group) is 1. The van der Waals surface area contributed by atoms with Crippen LogP contribution >= 0.6 is 0 Å². The molecule has 18 heavy (non-hydrogen) atoms. The third kappa shape index (κ3) is 2.64. The number of hydrogen-bond donors (Lipinski definition) is 2. The summed E-state index contributed by atoms with van der Waals surface area (Å²) in [5, 5.41) is 12.2. The van der Waals surface area contributed by atoms with E-state index in [1.54, 1.807) is 14.2 Å². The smallest absolute Gasteiger partial charge is 0.321 e. The van der Waals surface area contributed by atoms with Gasteiger partial charge in [0, 0.05) is 5.41 Å². The topological polar surface area (TPSA) is 58.6 Å². The number of ether oxygens (including phenoxy) is 1. The third-order valence-corrected chi connectivity index (χ3v) is 3.64. The van der Waals surface area contributed by atoms with Crippen molar-refractivity contribution in [2.75, 3.05) is 14.2 Å². The van der Waals surface area contributed by atoms with E-state index < -0.39 is 17.4 Å². The van der Waals surface area contributed by atoms with Crippen LogP contribution in [0.5, 0.6) is 5.75 Å². The molecule has 2 N–H and O–H groups in total. The van der Waals surface area contributed by atoms with Gasteiger partial charge in [-0.3, -0.25) is 4.79 Å². The van der Waals surface area contributed by atoms with Crippen molar-refractivity contribution < 1.29 is 14.6 Å². The molecule has 2 atom stereocenters. The minimum Gasteiger partial charge on any atom is -0.497 e. The molecule has 4 heteroatoms. The Morgan fingerprint density at radius 2 is 2.22 bits per heavy atom. The maximum atomic E-state index is 11.4. The molecule has 0 saturated carbocycles. The predicted octanol–water partition coefficient (Wildman–Crippen LogP) is 2.04. The van der Waals surface area contributed by atoms with Gasteiger partial charge < -0.3 is 15.2 Å². The van der Waals surface area contributed by atoms with Gasteiger partial charge in [0.05, 0.1) is 7.11 Å². The van der Waals surface area contributed by atoms with Crippen molar-refractivity contribution in [2.24, 2.45) is 0 Å². The minimum absolute atomic E-state index is 0.477. The molecule has 0 aliphatic heterocycles. The number of methoxy groups -OCH3 is 1. The first-order chi connectivity index (χ1) is 8.49. The molecule has 4 nitrogen and oxygen atoms in total. The van der Waals surface area contributed by atoms with Gasteiger partial charge in [0.15, 0.2) is 0 Å². The molecule has 0 fully saturated rings. The largest absolute Gasteiger partial charge is 0.497 e. The van der Waals surface area contributed by atoms with E-state index in [4.69, 9.17) is 4.74 Å². The van der Waals surface area contributed by atoms with Gasteiger partial charge in [0.2, 0.25) is 0 Å². The highest BCUT2D eigenvalue weighted by molar-refractivity contribution is 5.76. The first kappa shape index (κ1) is 14.5. The van der Waals surface area contributed by atoms with Crippen LogP contribution in [0, 0.1) is 0 Å². The molecule has 0 aromatic heterocycles. The highest BCUT2D eigenvalue weighted by Crippen LogP contribution is 2.33. The van der Waals surface area contributed by atoms with Gasteiger partial charge in [-0.05, 0) is 31.2 Å². The van der Waals surface area contributed by atoms with Crippen molar-refractivity contribution in [3.63, 3.8) is 0 Å². The van der Waals surface area contributed by atoms with Crippen molar-refractivity contribution in [2.45, 2.75) is 31.7 Å². The van der Waals surface area contributed by atoms with Crippen molar-refractivity contribution in [3.8, 4) is 5.75 Å². The van der Waals surface area contributed by atoms with Crippen molar-refractivity contribution in [1.82, 2.24) is 5.32 Å². The normalized spacial score (nSPS) is 15.8. The zero-order valence-corrected chi connectivity index (χ0v) is 11.4. The molecule has 1 aromatic rings. The van der Waals surface area contributed by atoms with E-state index in [9.17, 15) is 9.90 Å². The first-order valence-corrected chi connectivity index (χ1v) is 6.04. The second kappa shape index (κ2) is 5.87. The second-order valence-electron chi connectivity index (χ2n) is 4.56. The van der Waals surface area contributed by atoms with Gasteiger partial charge in [-0.1, -0.05) is 26.0 Å². The predicted molar refractivity (Wildman–Crippen MR) is 71.1 cm³/mol. The highest BCUT2D eigenvalue weighted by atomic mass is 16.5. The van der Waals surface area contributed by atoms with Gasteiger partial charge in [0.25, 0.3) is 0 Å². The molecule has 1 rings (SSSR count). The Labute approximate surface area is 108 Å². The molecule has 2 unspecified atom stereocenters. The van der Waals surface area contributed by atoms with E-state index in [2.05, 4.69) is 5.32 Å². The van der Waals surface area contributed by atoms with Crippen LogP contribution in [0.1, 0.15) is 25.8 Å². The summed E-state index contributed by atoms with van der Waals surface area (Å²) in [6.45, 7) is 3.95. The molecular weight excluding hydrogens is 230 g/mol. The lowest BCUT2D eigenvalue weighted by atomic mass is 9.73. The van der Waals surface area contributed by atoms with E-state index in [1.807, 2.05) is 38.1 Å². The number of benzene rings is 1. The molecule has 0 spiro atoms. The van der Waals surface area contributed by atoms with E-state index in [-0.39, 0.29) is 0 Å². The number of nitrogens with one attached hydrogen (secondary N) is 1. The van der Waals surface area contributed by atoms with Crippen LogP contribution in [0.2, 0.25) is 0 Å². The lowest BCUT2D eigenvalue weighted by molar-refractivity contribution is -0.141. The van der Waals surface area contributed by atoms with Gasteiger partial charge in [-0.2, -0.15) is 0 Å². The van der Waals surface area contributed by atoms with Gasteiger partial charge in [0.1, 0.15) is 11.8 Å². The average molecular weight is 251 g/mol. The standard InChI is InChI=1S/C14H21NO3/c1-5-14(2,12(15-3)13(16)17)10-7-6-8-11(9-10)18-4/h6-9,12,15H,5H2,1-4H3,(H,16,17). The summed E-state index contributed by atoms with van der Waals surface area (Å²) in [4.78, 5) is 11.4.